The molecule has 1 saturated heterocycles. The predicted octanol–water partition coefficient (Wildman–Crippen LogP) is 4.69. The van der Waals surface area contributed by atoms with Crippen LogP contribution in [-0.2, 0) is 16.0 Å². The maximum Gasteiger partial charge on any atom is 0.251 e. The van der Waals surface area contributed by atoms with Gasteiger partial charge in [-0.3, -0.25) is 14.4 Å². The van der Waals surface area contributed by atoms with Gasteiger partial charge in [-0.25, -0.2) is 0 Å². The van der Waals surface area contributed by atoms with Gasteiger partial charge in [0.05, 0.1) is 18.2 Å². The Kier molecular flexibility index (Phi) is 11.9. The molecular weight excluding hydrogens is 566 g/mol. The second-order valence-electron chi connectivity index (χ2n) is 13.2. The first kappa shape index (κ1) is 32.9. The number of hydrogen-bond acceptors (Lipinski definition) is 6. The van der Waals surface area contributed by atoms with Crippen LogP contribution in [-0.4, -0.2) is 66.2 Å². The zero-order valence-corrected chi connectivity index (χ0v) is 26.7. The van der Waals surface area contributed by atoms with Crippen molar-refractivity contribution in [2.45, 2.75) is 121 Å². The number of aliphatic hydroxyl groups excluding tert-OH is 1. The lowest BCUT2D eigenvalue weighted by Gasteiger charge is -2.28. The first-order valence-electron chi connectivity index (χ1n) is 17.1. The Morgan fingerprint density at radius 2 is 1.60 bits per heavy atom. The predicted molar refractivity (Wildman–Crippen MR) is 178 cm³/mol. The third-order valence-electron chi connectivity index (χ3n) is 9.60. The average Bonchev–Trinajstić information content (AvgIpc) is 3.50. The molecule has 2 aromatic carbocycles. The summed E-state index contributed by atoms with van der Waals surface area (Å²) in [4.78, 5) is 41.1. The van der Waals surface area contributed by atoms with Crippen LogP contribution in [0.15, 0.2) is 48.5 Å². The van der Waals surface area contributed by atoms with E-state index in [0.29, 0.717) is 31.0 Å². The molecule has 0 bridgehead atoms. The van der Waals surface area contributed by atoms with E-state index in [-0.39, 0.29) is 30.3 Å². The minimum absolute atomic E-state index is 0.0657. The molecule has 0 spiro atoms. The fourth-order valence-electron chi connectivity index (χ4n) is 6.89. The van der Waals surface area contributed by atoms with Gasteiger partial charge in [0.1, 0.15) is 0 Å². The average molecular weight is 618 g/mol. The standard InChI is InChI=1S/C36H51N5O4/c1-25(35(44)39-29-16-9-4-10-17-29)37-24-33(42)32(20-26-12-5-2-6-13-26)40-36(45)27-21-30(38-28-14-7-3-8-15-28)23-31(22-27)41-19-11-18-34(41)43/h2,5-6,12-13,21-23,25,28-29,32-33,37-38,42H,3-4,7-11,14-20,24H2,1H3,(H,39,44)(H,40,45)/t25-,32-,33-/m0/s1. The van der Waals surface area contributed by atoms with Gasteiger partial charge in [-0.2, -0.15) is 0 Å². The normalized spacial score (nSPS) is 20.0. The van der Waals surface area contributed by atoms with Gasteiger partial charge >= 0.3 is 0 Å². The van der Waals surface area contributed by atoms with Crippen molar-refractivity contribution in [3.63, 3.8) is 0 Å². The van der Waals surface area contributed by atoms with Gasteiger partial charge in [-0.1, -0.05) is 68.9 Å². The first-order valence-corrected chi connectivity index (χ1v) is 17.1. The summed E-state index contributed by atoms with van der Waals surface area (Å²) in [6.45, 7) is 2.59. The van der Waals surface area contributed by atoms with Gasteiger partial charge in [0.15, 0.2) is 0 Å². The number of amides is 3. The van der Waals surface area contributed by atoms with Gasteiger partial charge in [-0.15, -0.1) is 0 Å². The Labute approximate surface area is 267 Å². The molecule has 2 saturated carbocycles. The summed E-state index contributed by atoms with van der Waals surface area (Å²) in [7, 11) is 0. The SMILES string of the molecule is C[C@H](NC[C@H](O)[C@H](Cc1ccccc1)NC(=O)c1cc(NC2CCCCC2)cc(N2CCCC2=O)c1)C(=O)NC1CCCCC1. The molecule has 3 amide bonds. The van der Waals surface area contributed by atoms with E-state index in [4.69, 9.17) is 0 Å². The first-order chi connectivity index (χ1) is 21.9. The van der Waals surface area contributed by atoms with Crippen LogP contribution in [0.2, 0.25) is 0 Å². The number of nitrogens with one attached hydrogen (secondary N) is 4. The summed E-state index contributed by atoms with van der Waals surface area (Å²) < 4.78 is 0. The molecule has 1 heterocycles. The molecule has 244 valence electrons. The highest BCUT2D eigenvalue weighted by Gasteiger charge is 2.27. The van der Waals surface area contributed by atoms with E-state index in [2.05, 4.69) is 21.3 Å². The third kappa shape index (κ3) is 9.53. The zero-order chi connectivity index (χ0) is 31.6. The molecule has 3 atom stereocenters. The number of carbonyl (C=O) groups excluding carboxylic acids is 3. The van der Waals surface area contributed by atoms with Crippen molar-refractivity contribution < 1.29 is 19.5 Å². The fourth-order valence-corrected chi connectivity index (χ4v) is 6.89. The lowest BCUT2D eigenvalue weighted by molar-refractivity contribution is -0.123. The van der Waals surface area contributed by atoms with Crippen LogP contribution in [0.4, 0.5) is 11.4 Å². The number of carbonyl (C=O) groups is 3. The number of benzene rings is 2. The van der Waals surface area contributed by atoms with Crippen LogP contribution in [0, 0.1) is 0 Å². The van der Waals surface area contributed by atoms with Crippen molar-refractivity contribution in [1.82, 2.24) is 16.0 Å². The van der Waals surface area contributed by atoms with Crippen LogP contribution >= 0.6 is 0 Å². The number of anilines is 2. The fraction of sp³-hybridized carbons (Fsp3) is 0.583. The summed E-state index contributed by atoms with van der Waals surface area (Å²) in [5.74, 6) is -0.302. The molecule has 0 unspecified atom stereocenters. The smallest absolute Gasteiger partial charge is 0.251 e. The highest BCUT2D eigenvalue weighted by atomic mass is 16.3. The molecule has 5 rings (SSSR count). The minimum Gasteiger partial charge on any atom is -0.390 e. The van der Waals surface area contributed by atoms with E-state index in [1.165, 1.54) is 25.7 Å². The van der Waals surface area contributed by atoms with Crippen molar-refractivity contribution in [3.05, 3.63) is 59.7 Å². The molecule has 9 heteroatoms. The monoisotopic (exact) mass is 617 g/mol. The van der Waals surface area contributed by atoms with E-state index >= 15 is 0 Å². The molecular formula is C36H51N5O4. The summed E-state index contributed by atoms with van der Waals surface area (Å²) in [6.07, 6.45) is 12.1. The van der Waals surface area contributed by atoms with E-state index in [0.717, 1.165) is 61.9 Å². The number of aliphatic hydroxyl groups is 1. The Hall–Kier alpha value is -3.43. The van der Waals surface area contributed by atoms with Crippen LogP contribution in [0.5, 0.6) is 0 Å². The van der Waals surface area contributed by atoms with Gasteiger partial charge in [0.2, 0.25) is 11.8 Å². The summed E-state index contributed by atoms with van der Waals surface area (Å²) in [6, 6.07) is 14.9. The van der Waals surface area contributed by atoms with Gasteiger partial charge in [0.25, 0.3) is 5.91 Å². The van der Waals surface area contributed by atoms with Gasteiger partial charge in [0, 0.05) is 48.5 Å². The van der Waals surface area contributed by atoms with E-state index in [1.807, 2.05) is 49.4 Å². The minimum atomic E-state index is -0.942. The highest BCUT2D eigenvalue weighted by Crippen LogP contribution is 2.29. The molecule has 3 fully saturated rings. The third-order valence-corrected chi connectivity index (χ3v) is 9.60. The molecule has 0 aromatic heterocycles. The zero-order valence-electron chi connectivity index (χ0n) is 26.7. The Morgan fingerprint density at radius 1 is 0.911 bits per heavy atom. The van der Waals surface area contributed by atoms with Crippen molar-refractivity contribution in [1.29, 1.82) is 0 Å². The van der Waals surface area contributed by atoms with Crippen LogP contribution in [0.1, 0.15) is 99.9 Å². The van der Waals surface area contributed by atoms with Gasteiger partial charge in [-0.05, 0) is 69.2 Å². The quantitative estimate of drug-likeness (QED) is 0.222. The van der Waals surface area contributed by atoms with E-state index < -0.39 is 18.2 Å². The van der Waals surface area contributed by atoms with E-state index in [9.17, 15) is 19.5 Å². The van der Waals surface area contributed by atoms with Crippen molar-refractivity contribution >= 4 is 29.1 Å². The number of hydrogen-bond donors (Lipinski definition) is 5. The molecule has 3 aliphatic rings. The number of nitrogens with zero attached hydrogens (tertiary/aromatic N) is 1. The molecule has 5 N–H and O–H groups in total. The van der Waals surface area contributed by atoms with Crippen LogP contribution in [0.25, 0.3) is 0 Å². The number of rotatable bonds is 13. The van der Waals surface area contributed by atoms with Crippen molar-refractivity contribution in [3.8, 4) is 0 Å². The second-order valence-corrected chi connectivity index (χ2v) is 13.2. The molecule has 1 aliphatic heterocycles. The maximum atomic E-state index is 13.9. The molecule has 0 radical (unpaired) electrons. The molecule has 9 nitrogen and oxygen atoms in total. The summed E-state index contributed by atoms with van der Waals surface area (Å²) in [5.41, 5.74) is 3.00. The van der Waals surface area contributed by atoms with E-state index in [1.54, 1.807) is 11.0 Å². The van der Waals surface area contributed by atoms with Crippen molar-refractivity contribution in [2.24, 2.45) is 0 Å². The lowest BCUT2D eigenvalue weighted by atomic mass is 9.95. The Morgan fingerprint density at radius 3 is 2.27 bits per heavy atom. The molecule has 45 heavy (non-hydrogen) atoms. The topological polar surface area (TPSA) is 123 Å². The second kappa shape index (κ2) is 16.2. The molecule has 2 aliphatic carbocycles. The van der Waals surface area contributed by atoms with Gasteiger partial charge < -0.3 is 31.3 Å². The summed E-state index contributed by atoms with van der Waals surface area (Å²) in [5, 5.41) is 24.4. The largest absolute Gasteiger partial charge is 0.390 e. The Bertz CT molecular complexity index is 1280. The maximum absolute atomic E-state index is 13.9. The van der Waals surface area contributed by atoms with Crippen LogP contribution < -0.4 is 26.2 Å². The van der Waals surface area contributed by atoms with Crippen molar-refractivity contribution in [2.75, 3.05) is 23.3 Å². The highest BCUT2D eigenvalue weighted by molar-refractivity contribution is 6.00. The summed E-state index contributed by atoms with van der Waals surface area (Å²) >= 11 is 0. The van der Waals surface area contributed by atoms with Crippen LogP contribution in [0.3, 0.4) is 0 Å². The lowest BCUT2D eigenvalue weighted by Crippen LogP contribution is -2.53. The Balaban J connectivity index is 1.29. The molecule has 2 aromatic rings.